The molecule has 1 saturated heterocycles. The van der Waals surface area contributed by atoms with Crippen molar-refractivity contribution in [2.45, 2.75) is 104 Å². The van der Waals surface area contributed by atoms with Gasteiger partial charge < -0.3 is 9.47 Å². The zero-order valence-corrected chi connectivity index (χ0v) is 19.4. The molecule has 0 saturated carbocycles. The summed E-state index contributed by atoms with van der Waals surface area (Å²) in [6.45, 7) is 8.79. The second-order valence-corrected chi connectivity index (χ2v) is 8.78. The summed E-state index contributed by atoms with van der Waals surface area (Å²) in [5, 5.41) is 0. The maximum atomic E-state index is 12.4. The van der Waals surface area contributed by atoms with Crippen LogP contribution in [0.1, 0.15) is 103 Å². The number of ether oxygens (including phenoxy) is 2. The first kappa shape index (κ1) is 24.4. The van der Waals surface area contributed by atoms with Crippen molar-refractivity contribution in [1.29, 1.82) is 0 Å². The topological polar surface area (TPSA) is 52.6 Å². The van der Waals surface area contributed by atoms with Crippen molar-refractivity contribution in [3.63, 3.8) is 0 Å². The molecule has 1 aliphatic heterocycles. The van der Waals surface area contributed by atoms with Crippen LogP contribution in [0.5, 0.6) is 0 Å². The highest BCUT2D eigenvalue weighted by molar-refractivity contribution is 5.93. The zero-order valence-electron chi connectivity index (χ0n) is 19.4. The molecule has 168 valence electrons. The third-order valence-electron chi connectivity index (χ3n) is 6.43. The predicted molar refractivity (Wildman–Crippen MR) is 120 cm³/mol. The van der Waals surface area contributed by atoms with Gasteiger partial charge in [0.2, 0.25) is 0 Å². The number of carbonyl (C=O) groups excluding carboxylic acids is 2. The van der Waals surface area contributed by atoms with Crippen LogP contribution < -0.4 is 0 Å². The molecule has 2 unspecified atom stereocenters. The third-order valence-corrected chi connectivity index (χ3v) is 6.43. The lowest BCUT2D eigenvalue weighted by Gasteiger charge is -2.39. The van der Waals surface area contributed by atoms with E-state index in [1.54, 1.807) is 0 Å². The van der Waals surface area contributed by atoms with Gasteiger partial charge in [-0.15, -0.1) is 0 Å². The lowest BCUT2D eigenvalue weighted by molar-refractivity contribution is -0.256. The minimum absolute atomic E-state index is 0.302. The number of rotatable bonds is 13. The van der Waals surface area contributed by atoms with Gasteiger partial charge in [-0.05, 0) is 23.8 Å². The number of esters is 2. The number of carbonyl (C=O) groups is 2. The molecule has 0 N–H and O–H groups in total. The molecule has 0 aromatic heterocycles. The normalized spacial score (nSPS) is 17.9. The summed E-state index contributed by atoms with van der Waals surface area (Å²) in [5.74, 6) is -1.35. The highest BCUT2D eigenvalue weighted by atomic mass is 16.7. The Morgan fingerprint density at radius 1 is 0.867 bits per heavy atom. The Bertz CT molecular complexity index is 665. The molecule has 1 heterocycles. The number of hydrogen-bond donors (Lipinski definition) is 0. The highest BCUT2D eigenvalue weighted by Gasteiger charge is 2.47. The Morgan fingerprint density at radius 2 is 1.43 bits per heavy atom. The predicted octanol–water partition coefficient (Wildman–Crippen LogP) is 6.69. The fourth-order valence-electron chi connectivity index (χ4n) is 4.53. The Hall–Kier alpha value is -1.84. The van der Waals surface area contributed by atoms with E-state index in [4.69, 9.17) is 9.47 Å². The zero-order chi connectivity index (χ0) is 22.0. The van der Waals surface area contributed by atoms with Crippen LogP contribution in [0, 0.1) is 11.8 Å². The van der Waals surface area contributed by atoms with Gasteiger partial charge in [-0.25, -0.2) is 0 Å². The van der Waals surface area contributed by atoms with Crippen LogP contribution in [0.25, 0.3) is 0 Å². The van der Waals surface area contributed by atoms with Gasteiger partial charge in [0.1, 0.15) is 6.42 Å². The van der Waals surface area contributed by atoms with Gasteiger partial charge in [0.15, 0.2) is 0 Å². The van der Waals surface area contributed by atoms with E-state index in [1.807, 2.05) is 18.2 Å². The Labute approximate surface area is 182 Å². The second kappa shape index (κ2) is 12.1. The van der Waals surface area contributed by atoms with Crippen LogP contribution >= 0.6 is 0 Å². The number of benzene rings is 1. The summed E-state index contributed by atoms with van der Waals surface area (Å²) in [6.07, 6.45) is 10.1. The van der Waals surface area contributed by atoms with Gasteiger partial charge in [0, 0.05) is 12.0 Å². The second-order valence-electron chi connectivity index (χ2n) is 8.78. The van der Waals surface area contributed by atoms with E-state index < -0.39 is 17.7 Å². The maximum absolute atomic E-state index is 12.4. The van der Waals surface area contributed by atoms with Crippen molar-refractivity contribution in [3.8, 4) is 0 Å². The average Bonchev–Trinajstić information content (AvgIpc) is 2.73. The molecular formula is C26H40O4. The lowest BCUT2D eigenvalue weighted by atomic mass is 9.83. The molecule has 0 radical (unpaired) electrons. The van der Waals surface area contributed by atoms with E-state index in [0.29, 0.717) is 18.3 Å². The van der Waals surface area contributed by atoms with E-state index in [9.17, 15) is 9.59 Å². The monoisotopic (exact) mass is 416 g/mol. The van der Waals surface area contributed by atoms with Crippen molar-refractivity contribution in [3.05, 3.63) is 35.4 Å². The van der Waals surface area contributed by atoms with Crippen molar-refractivity contribution < 1.29 is 19.1 Å². The molecule has 30 heavy (non-hydrogen) atoms. The maximum Gasteiger partial charge on any atom is 0.320 e. The summed E-state index contributed by atoms with van der Waals surface area (Å²) >= 11 is 0. The fourth-order valence-corrected chi connectivity index (χ4v) is 4.53. The van der Waals surface area contributed by atoms with E-state index >= 15 is 0 Å². The van der Waals surface area contributed by atoms with E-state index in [1.165, 1.54) is 19.3 Å². The van der Waals surface area contributed by atoms with Crippen molar-refractivity contribution in [2.24, 2.45) is 11.8 Å². The van der Waals surface area contributed by atoms with Crippen molar-refractivity contribution >= 4 is 11.9 Å². The van der Waals surface area contributed by atoms with Gasteiger partial charge in [-0.3, -0.25) is 9.59 Å². The van der Waals surface area contributed by atoms with E-state index in [2.05, 4.69) is 33.8 Å². The molecule has 0 bridgehead atoms. The smallest absolute Gasteiger partial charge is 0.320 e. The molecule has 2 atom stereocenters. The van der Waals surface area contributed by atoms with Gasteiger partial charge in [-0.1, -0.05) is 103 Å². The molecule has 2 rings (SSSR count). The van der Waals surface area contributed by atoms with Crippen LogP contribution in [0.2, 0.25) is 0 Å². The van der Waals surface area contributed by atoms with Gasteiger partial charge in [-0.2, -0.15) is 0 Å². The summed E-state index contributed by atoms with van der Waals surface area (Å²) in [6, 6.07) is 8.08. The van der Waals surface area contributed by atoms with Gasteiger partial charge in [0.25, 0.3) is 5.79 Å². The molecule has 1 aromatic carbocycles. The summed E-state index contributed by atoms with van der Waals surface area (Å²) in [5.41, 5.74) is 1.99. The number of hydrogen-bond acceptors (Lipinski definition) is 4. The SMILES string of the molecule is CCCCC(CC)Cc1ccccc1C1(CC(CC)CCCC)OC(=O)CC(=O)O1. The summed E-state index contributed by atoms with van der Waals surface area (Å²) in [4.78, 5) is 24.7. The Morgan fingerprint density at radius 3 is 2.00 bits per heavy atom. The minimum atomic E-state index is -1.29. The van der Waals surface area contributed by atoms with Crippen LogP contribution in [0.3, 0.4) is 0 Å². The molecule has 0 spiro atoms. The lowest BCUT2D eigenvalue weighted by Crippen LogP contribution is -2.45. The summed E-state index contributed by atoms with van der Waals surface area (Å²) < 4.78 is 11.8. The quantitative estimate of drug-likeness (QED) is 0.265. The first-order valence-electron chi connectivity index (χ1n) is 12.0. The fraction of sp³-hybridized carbons (Fsp3) is 0.692. The molecule has 1 aromatic rings. The van der Waals surface area contributed by atoms with Crippen LogP contribution in [0.15, 0.2) is 24.3 Å². The van der Waals surface area contributed by atoms with Crippen molar-refractivity contribution in [1.82, 2.24) is 0 Å². The molecule has 0 aliphatic carbocycles. The Kier molecular flexibility index (Phi) is 9.87. The molecule has 1 aliphatic rings. The standard InChI is InChI=1S/C26H40O4/c1-5-9-13-20(7-3)17-22-15-11-12-16-23(22)26(19-21(8-4)14-10-6-2)29-24(27)18-25(28)30-26/h11-12,15-16,20-21H,5-10,13-14,17-19H2,1-4H3. The molecule has 4 nitrogen and oxygen atoms in total. The van der Waals surface area contributed by atoms with E-state index in [-0.39, 0.29) is 6.42 Å². The van der Waals surface area contributed by atoms with Gasteiger partial charge >= 0.3 is 11.9 Å². The molecule has 1 fully saturated rings. The first-order chi connectivity index (χ1) is 14.5. The molecular weight excluding hydrogens is 376 g/mol. The highest BCUT2D eigenvalue weighted by Crippen LogP contribution is 2.42. The van der Waals surface area contributed by atoms with Crippen LogP contribution in [0.4, 0.5) is 0 Å². The summed E-state index contributed by atoms with van der Waals surface area (Å²) in [7, 11) is 0. The Balaban J connectivity index is 2.41. The molecule has 0 amide bonds. The van der Waals surface area contributed by atoms with Gasteiger partial charge in [0.05, 0.1) is 0 Å². The van der Waals surface area contributed by atoms with Crippen molar-refractivity contribution in [2.75, 3.05) is 0 Å². The van der Waals surface area contributed by atoms with Crippen LogP contribution in [-0.4, -0.2) is 11.9 Å². The van der Waals surface area contributed by atoms with E-state index in [0.717, 1.165) is 49.7 Å². The third kappa shape index (κ3) is 6.58. The largest absolute Gasteiger partial charge is 0.417 e. The average molecular weight is 417 g/mol. The number of cyclic esters (lactones) is 2. The first-order valence-corrected chi connectivity index (χ1v) is 12.0. The van der Waals surface area contributed by atoms with Crippen LogP contribution in [-0.2, 0) is 31.3 Å². The molecule has 4 heteroatoms. The number of unbranched alkanes of at least 4 members (excludes halogenated alkanes) is 2. The minimum Gasteiger partial charge on any atom is -0.417 e.